The number of carbonyl (C=O) groups is 1. The normalized spacial score (nSPS) is 10.1. The van der Waals surface area contributed by atoms with Crippen LogP contribution in [0.15, 0.2) is 78.9 Å². The number of para-hydroxylation sites is 1. The Morgan fingerprint density at radius 2 is 1.68 bits per heavy atom. The molecule has 126 valence electrons. The van der Waals surface area contributed by atoms with E-state index in [-0.39, 0.29) is 5.91 Å². The highest BCUT2D eigenvalue weighted by atomic mass is 16.5. The van der Waals surface area contributed by atoms with Crippen LogP contribution in [0, 0.1) is 0 Å². The fourth-order valence-corrected chi connectivity index (χ4v) is 2.44. The third-order valence-corrected chi connectivity index (χ3v) is 3.69. The zero-order valence-electron chi connectivity index (χ0n) is 13.9. The van der Waals surface area contributed by atoms with Crippen molar-refractivity contribution < 1.29 is 14.3 Å². The number of carbonyl (C=O) groups excluding carboxylic acids is 1. The smallest absolute Gasteiger partial charge is 0.259 e. The monoisotopic (exact) mass is 333 g/mol. The van der Waals surface area contributed by atoms with Gasteiger partial charge in [0, 0.05) is 11.8 Å². The second-order valence-corrected chi connectivity index (χ2v) is 5.46. The van der Waals surface area contributed by atoms with Crippen LogP contribution in [-0.2, 0) is 6.61 Å². The summed E-state index contributed by atoms with van der Waals surface area (Å²) in [7, 11) is 1.55. The van der Waals surface area contributed by atoms with E-state index in [4.69, 9.17) is 9.47 Å². The minimum absolute atomic E-state index is 0.224. The summed E-state index contributed by atoms with van der Waals surface area (Å²) in [6.45, 7) is 0.477. The molecule has 3 rings (SSSR count). The Morgan fingerprint density at radius 3 is 2.48 bits per heavy atom. The SMILES string of the molecule is COc1ccccc1C(=O)Nc1cccc(OCc2ccccc2)c1. The molecule has 0 unspecified atom stereocenters. The third kappa shape index (κ3) is 4.38. The lowest BCUT2D eigenvalue weighted by molar-refractivity contribution is 0.102. The molecule has 3 aromatic rings. The molecule has 1 amide bonds. The van der Waals surface area contributed by atoms with Crippen molar-refractivity contribution in [1.82, 2.24) is 0 Å². The highest BCUT2D eigenvalue weighted by molar-refractivity contribution is 6.06. The minimum Gasteiger partial charge on any atom is -0.496 e. The molecule has 0 aromatic heterocycles. The van der Waals surface area contributed by atoms with Crippen LogP contribution in [0.25, 0.3) is 0 Å². The Kier molecular flexibility index (Phi) is 5.32. The van der Waals surface area contributed by atoms with Crippen molar-refractivity contribution in [3.8, 4) is 11.5 Å². The molecule has 0 aliphatic carbocycles. The van der Waals surface area contributed by atoms with E-state index in [1.807, 2.05) is 54.6 Å². The Bertz CT molecular complexity index is 847. The Morgan fingerprint density at radius 1 is 0.920 bits per heavy atom. The van der Waals surface area contributed by atoms with Crippen molar-refractivity contribution in [3.63, 3.8) is 0 Å². The Labute approximate surface area is 147 Å². The molecule has 0 aliphatic rings. The van der Waals surface area contributed by atoms with Gasteiger partial charge in [0.2, 0.25) is 0 Å². The van der Waals surface area contributed by atoms with Crippen LogP contribution in [0.1, 0.15) is 15.9 Å². The summed E-state index contributed by atoms with van der Waals surface area (Å²) >= 11 is 0. The van der Waals surface area contributed by atoms with Gasteiger partial charge in [0.05, 0.1) is 12.7 Å². The van der Waals surface area contributed by atoms with E-state index < -0.39 is 0 Å². The summed E-state index contributed by atoms with van der Waals surface area (Å²) in [5, 5.41) is 2.87. The van der Waals surface area contributed by atoms with E-state index in [0.29, 0.717) is 29.4 Å². The maximum Gasteiger partial charge on any atom is 0.259 e. The van der Waals surface area contributed by atoms with Crippen molar-refractivity contribution in [1.29, 1.82) is 0 Å². The second kappa shape index (κ2) is 8.02. The van der Waals surface area contributed by atoms with Gasteiger partial charge in [-0.2, -0.15) is 0 Å². The van der Waals surface area contributed by atoms with Crippen LogP contribution in [0.3, 0.4) is 0 Å². The average Bonchev–Trinajstić information content (AvgIpc) is 2.67. The fourth-order valence-electron chi connectivity index (χ4n) is 2.44. The average molecular weight is 333 g/mol. The lowest BCUT2D eigenvalue weighted by Crippen LogP contribution is -2.13. The molecular weight excluding hydrogens is 314 g/mol. The lowest BCUT2D eigenvalue weighted by atomic mass is 10.2. The third-order valence-electron chi connectivity index (χ3n) is 3.69. The van der Waals surface area contributed by atoms with Gasteiger partial charge in [-0.1, -0.05) is 48.5 Å². The van der Waals surface area contributed by atoms with Gasteiger partial charge < -0.3 is 14.8 Å². The predicted molar refractivity (Wildman–Crippen MR) is 98.2 cm³/mol. The zero-order chi connectivity index (χ0) is 17.5. The molecule has 0 fully saturated rings. The molecule has 0 radical (unpaired) electrons. The quantitative estimate of drug-likeness (QED) is 0.721. The first-order chi connectivity index (χ1) is 12.3. The molecule has 0 bridgehead atoms. The Balaban J connectivity index is 1.68. The number of hydrogen-bond donors (Lipinski definition) is 1. The molecule has 0 atom stereocenters. The van der Waals surface area contributed by atoms with Crippen LogP contribution < -0.4 is 14.8 Å². The van der Waals surface area contributed by atoms with Gasteiger partial charge in [-0.05, 0) is 29.8 Å². The number of amides is 1. The van der Waals surface area contributed by atoms with E-state index >= 15 is 0 Å². The Hall–Kier alpha value is -3.27. The molecule has 0 saturated heterocycles. The molecule has 4 heteroatoms. The second-order valence-electron chi connectivity index (χ2n) is 5.46. The maximum absolute atomic E-state index is 12.5. The minimum atomic E-state index is -0.224. The van der Waals surface area contributed by atoms with Gasteiger partial charge in [0.15, 0.2) is 0 Å². The van der Waals surface area contributed by atoms with E-state index in [0.717, 1.165) is 5.56 Å². The number of hydrogen-bond acceptors (Lipinski definition) is 3. The van der Waals surface area contributed by atoms with Crippen LogP contribution in [0.5, 0.6) is 11.5 Å². The highest BCUT2D eigenvalue weighted by Crippen LogP contribution is 2.22. The number of anilines is 1. The summed E-state index contributed by atoms with van der Waals surface area (Å²) in [5.74, 6) is 1.01. The van der Waals surface area contributed by atoms with E-state index in [9.17, 15) is 4.79 Å². The first kappa shape index (κ1) is 16.6. The fraction of sp³-hybridized carbons (Fsp3) is 0.0952. The molecule has 1 N–H and O–H groups in total. The van der Waals surface area contributed by atoms with Gasteiger partial charge in [0.25, 0.3) is 5.91 Å². The summed E-state index contributed by atoms with van der Waals surface area (Å²) < 4.78 is 11.0. The van der Waals surface area contributed by atoms with Crippen LogP contribution in [0.2, 0.25) is 0 Å². The number of methoxy groups -OCH3 is 1. The standard InChI is InChI=1S/C21H19NO3/c1-24-20-13-6-5-12-19(20)21(23)22-17-10-7-11-18(14-17)25-15-16-8-3-2-4-9-16/h2-14H,15H2,1H3,(H,22,23). The zero-order valence-corrected chi connectivity index (χ0v) is 13.9. The van der Waals surface area contributed by atoms with Crippen molar-refractivity contribution in [2.75, 3.05) is 12.4 Å². The van der Waals surface area contributed by atoms with Gasteiger partial charge in [-0.15, -0.1) is 0 Å². The van der Waals surface area contributed by atoms with Crippen molar-refractivity contribution >= 4 is 11.6 Å². The van der Waals surface area contributed by atoms with Crippen LogP contribution in [-0.4, -0.2) is 13.0 Å². The molecule has 25 heavy (non-hydrogen) atoms. The van der Waals surface area contributed by atoms with Gasteiger partial charge >= 0.3 is 0 Å². The van der Waals surface area contributed by atoms with Crippen LogP contribution in [0.4, 0.5) is 5.69 Å². The molecule has 0 saturated carbocycles. The maximum atomic E-state index is 12.5. The molecule has 0 spiro atoms. The van der Waals surface area contributed by atoms with E-state index in [1.54, 1.807) is 31.4 Å². The number of ether oxygens (including phenoxy) is 2. The number of benzene rings is 3. The highest BCUT2D eigenvalue weighted by Gasteiger charge is 2.11. The molecular formula is C21H19NO3. The first-order valence-corrected chi connectivity index (χ1v) is 7.97. The van der Waals surface area contributed by atoms with Crippen molar-refractivity contribution in [3.05, 3.63) is 90.0 Å². The molecule has 0 heterocycles. The first-order valence-electron chi connectivity index (χ1n) is 7.97. The van der Waals surface area contributed by atoms with Crippen molar-refractivity contribution in [2.24, 2.45) is 0 Å². The number of rotatable bonds is 6. The van der Waals surface area contributed by atoms with Gasteiger partial charge in [-0.25, -0.2) is 0 Å². The summed E-state index contributed by atoms with van der Waals surface area (Å²) in [6, 6.07) is 24.4. The van der Waals surface area contributed by atoms with Gasteiger partial charge in [-0.3, -0.25) is 4.79 Å². The van der Waals surface area contributed by atoms with Gasteiger partial charge in [0.1, 0.15) is 18.1 Å². The molecule has 4 nitrogen and oxygen atoms in total. The molecule has 3 aromatic carbocycles. The van der Waals surface area contributed by atoms with E-state index in [2.05, 4.69) is 5.32 Å². The topological polar surface area (TPSA) is 47.6 Å². The predicted octanol–water partition coefficient (Wildman–Crippen LogP) is 4.53. The summed E-state index contributed by atoms with van der Waals surface area (Å²) in [4.78, 5) is 12.5. The largest absolute Gasteiger partial charge is 0.496 e. The number of nitrogens with one attached hydrogen (secondary N) is 1. The van der Waals surface area contributed by atoms with Crippen LogP contribution >= 0.6 is 0 Å². The summed E-state index contributed by atoms with van der Waals surface area (Å²) in [6.07, 6.45) is 0. The molecule has 0 aliphatic heterocycles. The van der Waals surface area contributed by atoms with Crippen molar-refractivity contribution in [2.45, 2.75) is 6.61 Å². The lowest BCUT2D eigenvalue weighted by Gasteiger charge is -2.11. The summed E-state index contributed by atoms with van der Waals surface area (Å²) in [5.41, 5.74) is 2.24. The van der Waals surface area contributed by atoms with E-state index in [1.165, 1.54) is 0 Å².